The average Bonchev–Trinajstić information content (AvgIpc) is 2.84. The van der Waals surface area contributed by atoms with Crippen LogP contribution in [-0.4, -0.2) is 22.1 Å². The summed E-state index contributed by atoms with van der Waals surface area (Å²) in [4.78, 5) is 14.9. The van der Waals surface area contributed by atoms with E-state index in [-0.39, 0.29) is 23.6 Å². The highest BCUT2D eigenvalue weighted by molar-refractivity contribution is 9.10. The fraction of sp³-hybridized carbons (Fsp3) is 0.357. The topological polar surface area (TPSA) is 91.3 Å². The molecule has 110 valence electrons. The minimum absolute atomic E-state index is 0.0834. The molecule has 1 fully saturated rings. The van der Waals surface area contributed by atoms with E-state index in [9.17, 15) is 10.1 Å². The first kappa shape index (κ1) is 14.2. The standard InChI is InChI=1S/C14H14BrN3O3/c15-8-4-5-11-9(6-8)14(12(7-17-11)18(19)20)21-13-3-1-2-10(13)16/h4-7,10,13H,1-3,16H2. The van der Waals surface area contributed by atoms with Crippen molar-refractivity contribution in [2.45, 2.75) is 31.4 Å². The second-order valence-corrected chi connectivity index (χ2v) is 6.06. The van der Waals surface area contributed by atoms with E-state index in [0.29, 0.717) is 10.9 Å². The van der Waals surface area contributed by atoms with Gasteiger partial charge in [0.1, 0.15) is 12.3 Å². The van der Waals surface area contributed by atoms with Gasteiger partial charge in [0, 0.05) is 10.5 Å². The lowest BCUT2D eigenvalue weighted by Gasteiger charge is -2.18. The third-order valence-electron chi connectivity index (χ3n) is 3.73. The molecule has 2 N–H and O–H groups in total. The first-order chi connectivity index (χ1) is 10.1. The number of pyridine rings is 1. The molecule has 0 bridgehead atoms. The SMILES string of the molecule is NC1CCCC1Oc1c([N+](=O)[O-])cnc2ccc(Br)cc12. The summed E-state index contributed by atoms with van der Waals surface area (Å²) in [7, 11) is 0. The lowest BCUT2D eigenvalue weighted by molar-refractivity contribution is -0.386. The number of benzene rings is 1. The number of fused-ring (bicyclic) bond motifs is 1. The summed E-state index contributed by atoms with van der Waals surface area (Å²) in [6, 6.07) is 5.34. The minimum Gasteiger partial charge on any atom is -0.481 e. The van der Waals surface area contributed by atoms with E-state index in [4.69, 9.17) is 10.5 Å². The smallest absolute Gasteiger partial charge is 0.329 e. The van der Waals surface area contributed by atoms with Gasteiger partial charge in [-0.15, -0.1) is 0 Å². The molecule has 3 rings (SSSR count). The van der Waals surface area contributed by atoms with Crippen molar-refractivity contribution in [3.63, 3.8) is 0 Å². The Morgan fingerprint density at radius 3 is 2.90 bits per heavy atom. The molecule has 1 aromatic carbocycles. The summed E-state index contributed by atoms with van der Waals surface area (Å²) >= 11 is 3.37. The summed E-state index contributed by atoms with van der Waals surface area (Å²) in [5, 5.41) is 11.9. The Bertz CT molecular complexity index is 707. The fourth-order valence-corrected chi connectivity index (χ4v) is 3.00. The zero-order valence-corrected chi connectivity index (χ0v) is 12.7. The van der Waals surface area contributed by atoms with Crippen molar-refractivity contribution in [3.8, 4) is 5.75 Å². The van der Waals surface area contributed by atoms with Crippen LogP contribution in [0.4, 0.5) is 5.69 Å². The molecule has 0 amide bonds. The van der Waals surface area contributed by atoms with Gasteiger partial charge in [0.2, 0.25) is 5.75 Å². The predicted octanol–water partition coefficient (Wildman–Crippen LogP) is 3.16. The lowest BCUT2D eigenvalue weighted by Crippen LogP contribution is -2.33. The fourth-order valence-electron chi connectivity index (χ4n) is 2.64. The Kier molecular flexibility index (Phi) is 3.77. The molecular formula is C14H14BrN3O3. The van der Waals surface area contributed by atoms with Gasteiger partial charge in [-0.25, -0.2) is 4.98 Å². The Hall–Kier alpha value is -1.73. The van der Waals surface area contributed by atoms with Gasteiger partial charge in [0.05, 0.1) is 15.8 Å². The van der Waals surface area contributed by atoms with Crippen LogP contribution in [0.2, 0.25) is 0 Å². The number of hydrogen-bond acceptors (Lipinski definition) is 5. The van der Waals surface area contributed by atoms with Crippen molar-refractivity contribution in [1.82, 2.24) is 4.98 Å². The normalized spacial score (nSPS) is 21.6. The zero-order valence-electron chi connectivity index (χ0n) is 11.2. The first-order valence-corrected chi connectivity index (χ1v) is 7.50. The second-order valence-electron chi connectivity index (χ2n) is 5.14. The van der Waals surface area contributed by atoms with E-state index in [1.54, 1.807) is 12.1 Å². The lowest BCUT2D eigenvalue weighted by atomic mass is 10.1. The van der Waals surface area contributed by atoms with Crippen molar-refractivity contribution in [2.24, 2.45) is 5.73 Å². The van der Waals surface area contributed by atoms with Gasteiger partial charge in [-0.1, -0.05) is 15.9 Å². The molecule has 6 nitrogen and oxygen atoms in total. The molecule has 1 aliphatic rings. The largest absolute Gasteiger partial charge is 0.481 e. The Morgan fingerprint density at radius 2 is 2.24 bits per heavy atom. The van der Waals surface area contributed by atoms with E-state index in [0.717, 1.165) is 23.7 Å². The third kappa shape index (κ3) is 2.71. The molecule has 1 aliphatic carbocycles. The van der Waals surface area contributed by atoms with Crippen molar-refractivity contribution >= 4 is 32.5 Å². The van der Waals surface area contributed by atoms with Gasteiger partial charge in [0.15, 0.2) is 0 Å². The maximum absolute atomic E-state index is 11.2. The molecule has 1 aromatic heterocycles. The number of nitrogens with zero attached hydrogens (tertiary/aromatic N) is 2. The van der Waals surface area contributed by atoms with Crippen LogP contribution in [-0.2, 0) is 0 Å². The molecule has 2 aromatic rings. The van der Waals surface area contributed by atoms with E-state index < -0.39 is 4.92 Å². The van der Waals surface area contributed by atoms with Crippen LogP contribution in [0.3, 0.4) is 0 Å². The number of ether oxygens (including phenoxy) is 1. The van der Waals surface area contributed by atoms with Crippen LogP contribution in [0, 0.1) is 10.1 Å². The third-order valence-corrected chi connectivity index (χ3v) is 4.22. The quantitative estimate of drug-likeness (QED) is 0.677. The van der Waals surface area contributed by atoms with Crippen LogP contribution in [0.5, 0.6) is 5.75 Å². The van der Waals surface area contributed by atoms with Crippen LogP contribution in [0.25, 0.3) is 10.9 Å². The van der Waals surface area contributed by atoms with Crippen LogP contribution >= 0.6 is 15.9 Å². The van der Waals surface area contributed by atoms with E-state index in [1.807, 2.05) is 6.07 Å². The van der Waals surface area contributed by atoms with Gasteiger partial charge < -0.3 is 10.5 Å². The predicted molar refractivity (Wildman–Crippen MR) is 82.3 cm³/mol. The summed E-state index contributed by atoms with van der Waals surface area (Å²) in [6.07, 6.45) is 3.73. The molecule has 21 heavy (non-hydrogen) atoms. The molecule has 7 heteroatoms. The highest BCUT2D eigenvalue weighted by Gasteiger charge is 2.29. The van der Waals surface area contributed by atoms with Crippen LogP contribution in [0.1, 0.15) is 19.3 Å². The van der Waals surface area contributed by atoms with Gasteiger partial charge >= 0.3 is 5.69 Å². The maximum Gasteiger partial charge on any atom is 0.329 e. The number of hydrogen-bond donors (Lipinski definition) is 1. The Morgan fingerprint density at radius 1 is 1.43 bits per heavy atom. The average molecular weight is 352 g/mol. The van der Waals surface area contributed by atoms with E-state index in [2.05, 4.69) is 20.9 Å². The monoisotopic (exact) mass is 351 g/mol. The number of aromatic nitrogens is 1. The Labute approximate surface area is 129 Å². The molecule has 1 saturated carbocycles. The summed E-state index contributed by atoms with van der Waals surface area (Å²) in [5.41, 5.74) is 6.54. The summed E-state index contributed by atoms with van der Waals surface area (Å²) < 4.78 is 6.74. The number of rotatable bonds is 3. The van der Waals surface area contributed by atoms with E-state index >= 15 is 0 Å². The van der Waals surface area contributed by atoms with Gasteiger partial charge in [-0.3, -0.25) is 10.1 Å². The number of halogens is 1. The van der Waals surface area contributed by atoms with E-state index in [1.165, 1.54) is 6.20 Å². The van der Waals surface area contributed by atoms with Crippen molar-refractivity contribution < 1.29 is 9.66 Å². The molecule has 0 radical (unpaired) electrons. The maximum atomic E-state index is 11.2. The molecule has 0 spiro atoms. The van der Waals surface area contributed by atoms with Crippen molar-refractivity contribution in [3.05, 3.63) is 39.0 Å². The highest BCUT2D eigenvalue weighted by atomic mass is 79.9. The van der Waals surface area contributed by atoms with Gasteiger partial charge in [0.25, 0.3) is 0 Å². The van der Waals surface area contributed by atoms with Crippen LogP contribution in [0.15, 0.2) is 28.9 Å². The minimum atomic E-state index is -0.469. The highest BCUT2D eigenvalue weighted by Crippen LogP contribution is 2.37. The summed E-state index contributed by atoms with van der Waals surface area (Å²) in [5.74, 6) is 0.258. The molecule has 2 atom stereocenters. The summed E-state index contributed by atoms with van der Waals surface area (Å²) in [6.45, 7) is 0. The number of nitro groups is 1. The molecule has 2 unspecified atom stereocenters. The van der Waals surface area contributed by atoms with Gasteiger partial charge in [-0.2, -0.15) is 0 Å². The molecule has 0 aliphatic heterocycles. The van der Waals surface area contributed by atoms with Gasteiger partial charge in [-0.05, 0) is 37.5 Å². The van der Waals surface area contributed by atoms with Crippen LogP contribution < -0.4 is 10.5 Å². The first-order valence-electron chi connectivity index (χ1n) is 6.71. The van der Waals surface area contributed by atoms with Crippen molar-refractivity contribution in [2.75, 3.05) is 0 Å². The zero-order chi connectivity index (χ0) is 15.0. The molecular weight excluding hydrogens is 338 g/mol. The molecule has 1 heterocycles. The van der Waals surface area contributed by atoms with Crippen molar-refractivity contribution in [1.29, 1.82) is 0 Å². The Balaban J connectivity index is 2.13. The molecule has 0 saturated heterocycles. The number of nitrogens with two attached hydrogens (primary N) is 1. The second kappa shape index (κ2) is 5.57.